The summed E-state index contributed by atoms with van der Waals surface area (Å²) in [5.41, 5.74) is 8.93. The van der Waals surface area contributed by atoms with Crippen LogP contribution < -0.4 is 20.3 Å². The van der Waals surface area contributed by atoms with Gasteiger partial charge in [0.15, 0.2) is 0 Å². The molecule has 5 aromatic rings. The van der Waals surface area contributed by atoms with Crippen LogP contribution >= 0.6 is 22.9 Å². The van der Waals surface area contributed by atoms with E-state index in [1.54, 1.807) is 36.5 Å². The van der Waals surface area contributed by atoms with Gasteiger partial charge in [-0.3, -0.25) is 20.6 Å². The van der Waals surface area contributed by atoms with E-state index in [2.05, 4.69) is 30.8 Å². The van der Waals surface area contributed by atoms with Crippen LogP contribution in [0.15, 0.2) is 83.3 Å². The summed E-state index contributed by atoms with van der Waals surface area (Å²) in [5, 5.41) is 6.86. The standard InChI is InChI=1S/C29H23ClF4N6O3S2/c1-2-36-37-15-21-11-19(8-9-35-21)22-12-18(17-4-3-5-20(10-17)29(32,33)34)6-7-25(22)43-26-14-24(31)27(13-23(26)30)45(41,42)40-28-39-38-16-44-28/h3-14,16,36-37H,2,15H2,1H3,(H,39,40). The second-order valence-corrected chi connectivity index (χ2v) is 12.3. The number of sulfonamides is 1. The highest BCUT2D eigenvalue weighted by Crippen LogP contribution is 2.41. The predicted octanol–water partition coefficient (Wildman–Crippen LogP) is 7.29. The number of nitrogens with zero attached hydrogens (tertiary/aromatic N) is 3. The molecule has 9 nitrogen and oxygen atoms in total. The van der Waals surface area contributed by atoms with Gasteiger partial charge in [-0.25, -0.2) is 12.8 Å². The maximum Gasteiger partial charge on any atom is 0.416 e. The lowest BCUT2D eigenvalue weighted by atomic mass is 9.97. The van der Waals surface area contributed by atoms with Gasteiger partial charge in [-0.05, 0) is 59.2 Å². The monoisotopic (exact) mass is 678 g/mol. The molecule has 0 aliphatic carbocycles. The maximum atomic E-state index is 15.2. The Kier molecular flexibility index (Phi) is 9.65. The van der Waals surface area contributed by atoms with E-state index in [0.717, 1.165) is 35.6 Å². The van der Waals surface area contributed by atoms with Gasteiger partial charge in [-0.2, -0.15) is 13.2 Å². The van der Waals surface area contributed by atoms with Gasteiger partial charge in [-0.1, -0.05) is 48.1 Å². The van der Waals surface area contributed by atoms with Crippen LogP contribution in [-0.2, 0) is 22.7 Å². The number of pyridine rings is 1. The summed E-state index contributed by atoms with van der Waals surface area (Å²) >= 11 is 7.29. The molecule has 0 amide bonds. The molecule has 234 valence electrons. The minimum absolute atomic E-state index is 0.0613. The average molecular weight is 679 g/mol. The van der Waals surface area contributed by atoms with E-state index in [9.17, 15) is 21.6 Å². The van der Waals surface area contributed by atoms with Crippen molar-refractivity contribution in [2.24, 2.45) is 0 Å². The molecule has 0 saturated heterocycles. The second-order valence-electron chi connectivity index (χ2n) is 9.37. The number of anilines is 1. The van der Waals surface area contributed by atoms with Crippen molar-refractivity contribution in [3.63, 3.8) is 0 Å². The molecule has 0 spiro atoms. The summed E-state index contributed by atoms with van der Waals surface area (Å²) in [5.74, 6) is -1.17. The van der Waals surface area contributed by atoms with Crippen molar-refractivity contribution >= 4 is 38.1 Å². The van der Waals surface area contributed by atoms with Crippen LogP contribution in [0, 0.1) is 5.82 Å². The first-order chi connectivity index (χ1) is 21.4. The number of aromatic nitrogens is 3. The molecule has 5 rings (SSSR count). The lowest BCUT2D eigenvalue weighted by molar-refractivity contribution is -0.137. The van der Waals surface area contributed by atoms with Crippen LogP contribution in [0.4, 0.5) is 22.7 Å². The maximum absolute atomic E-state index is 15.2. The molecule has 0 fully saturated rings. The highest BCUT2D eigenvalue weighted by molar-refractivity contribution is 7.93. The normalized spacial score (nSPS) is 11.9. The number of alkyl halides is 3. The smallest absolute Gasteiger partial charge is 0.416 e. The highest BCUT2D eigenvalue weighted by Gasteiger charge is 2.30. The number of ether oxygens (including phenoxy) is 1. The molecule has 16 heteroatoms. The summed E-state index contributed by atoms with van der Waals surface area (Å²) < 4.78 is 89.2. The summed E-state index contributed by atoms with van der Waals surface area (Å²) in [6.07, 6.45) is -2.97. The molecule has 45 heavy (non-hydrogen) atoms. The van der Waals surface area contributed by atoms with Crippen molar-refractivity contribution in [3.8, 4) is 33.8 Å². The van der Waals surface area contributed by atoms with Crippen molar-refractivity contribution in [2.75, 3.05) is 11.3 Å². The number of rotatable bonds is 11. The fourth-order valence-electron chi connectivity index (χ4n) is 4.22. The zero-order valence-corrected chi connectivity index (χ0v) is 25.6. The lowest BCUT2D eigenvalue weighted by Crippen LogP contribution is -2.30. The number of hydrazine groups is 1. The molecule has 0 radical (unpaired) electrons. The van der Waals surface area contributed by atoms with Gasteiger partial charge in [0, 0.05) is 24.4 Å². The third kappa shape index (κ3) is 7.75. The molecule has 3 N–H and O–H groups in total. The SMILES string of the molecule is CCNNCc1cc(-c2cc(-c3cccc(C(F)(F)F)c3)ccc2Oc2cc(F)c(S(=O)(=O)Nc3nncs3)cc2Cl)ccn1. The molecule has 0 aliphatic rings. The third-order valence-electron chi connectivity index (χ3n) is 6.28. The quantitative estimate of drug-likeness (QED) is 0.0758. The van der Waals surface area contributed by atoms with Crippen molar-refractivity contribution in [3.05, 3.63) is 101 Å². The Bertz CT molecular complexity index is 1930. The zero-order chi connectivity index (χ0) is 32.2. The van der Waals surface area contributed by atoms with E-state index in [4.69, 9.17) is 16.3 Å². The van der Waals surface area contributed by atoms with Crippen LogP contribution in [-0.4, -0.2) is 30.1 Å². The molecule has 0 bridgehead atoms. The Balaban J connectivity index is 1.55. The van der Waals surface area contributed by atoms with Crippen molar-refractivity contribution in [2.45, 2.75) is 24.5 Å². The fraction of sp³-hybridized carbons (Fsp3) is 0.138. The number of benzene rings is 3. The molecular weight excluding hydrogens is 656 g/mol. The van der Waals surface area contributed by atoms with Gasteiger partial charge in [0.25, 0.3) is 10.0 Å². The van der Waals surface area contributed by atoms with Gasteiger partial charge in [0.1, 0.15) is 27.7 Å². The summed E-state index contributed by atoms with van der Waals surface area (Å²) in [6, 6.07) is 14.8. The molecule has 0 aliphatic heterocycles. The van der Waals surface area contributed by atoms with Gasteiger partial charge in [0.2, 0.25) is 5.13 Å². The van der Waals surface area contributed by atoms with E-state index in [0.29, 0.717) is 41.0 Å². The lowest BCUT2D eigenvalue weighted by Gasteiger charge is -2.16. The Hall–Kier alpha value is -4.15. The number of halogens is 5. The van der Waals surface area contributed by atoms with Crippen molar-refractivity contribution in [1.29, 1.82) is 0 Å². The Labute approximate surface area is 264 Å². The predicted molar refractivity (Wildman–Crippen MR) is 163 cm³/mol. The van der Waals surface area contributed by atoms with Gasteiger partial charge >= 0.3 is 6.18 Å². The first-order valence-corrected chi connectivity index (χ1v) is 15.9. The summed E-state index contributed by atoms with van der Waals surface area (Å²) in [7, 11) is -4.40. The number of hydrogen-bond donors (Lipinski definition) is 3. The molecule has 0 unspecified atom stereocenters. The van der Waals surface area contributed by atoms with E-state index in [1.165, 1.54) is 17.6 Å². The average Bonchev–Trinajstić information content (AvgIpc) is 3.51. The minimum Gasteiger partial charge on any atom is -0.455 e. The zero-order valence-electron chi connectivity index (χ0n) is 23.2. The van der Waals surface area contributed by atoms with Crippen LogP contribution in [0.25, 0.3) is 22.3 Å². The molecule has 2 heterocycles. The Morgan fingerprint density at radius 1 is 0.956 bits per heavy atom. The van der Waals surface area contributed by atoms with E-state index in [-0.39, 0.29) is 21.7 Å². The van der Waals surface area contributed by atoms with Gasteiger partial charge in [-0.15, -0.1) is 10.2 Å². The van der Waals surface area contributed by atoms with Crippen molar-refractivity contribution in [1.82, 2.24) is 26.0 Å². The molecule has 2 aromatic heterocycles. The van der Waals surface area contributed by atoms with Crippen LogP contribution in [0.5, 0.6) is 11.5 Å². The first kappa shape index (κ1) is 32.2. The Morgan fingerprint density at radius 2 is 1.76 bits per heavy atom. The fourth-order valence-corrected chi connectivity index (χ4v) is 6.27. The summed E-state index contributed by atoms with van der Waals surface area (Å²) in [6.45, 7) is 2.96. The van der Waals surface area contributed by atoms with E-state index >= 15 is 4.39 Å². The van der Waals surface area contributed by atoms with Crippen molar-refractivity contribution < 1.29 is 30.7 Å². The van der Waals surface area contributed by atoms with Gasteiger partial charge < -0.3 is 4.74 Å². The molecule has 0 saturated carbocycles. The topological polar surface area (TPSA) is 118 Å². The van der Waals surface area contributed by atoms with Gasteiger partial charge in [0.05, 0.1) is 22.8 Å². The third-order valence-corrected chi connectivity index (χ3v) is 8.66. The summed E-state index contributed by atoms with van der Waals surface area (Å²) in [4.78, 5) is 3.61. The molecule has 3 aromatic carbocycles. The first-order valence-electron chi connectivity index (χ1n) is 13.1. The second kappa shape index (κ2) is 13.5. The largest absolute Gasteiger partial charge is 0.455 e. The van der Waals surface area contributed by atoms with Crippen LogP contribution in [0.2, 0.25) is 5.02 Å². The Morgan fingerprint density at radius 3 is 2.49 bits per heavy atom. The van der Waals surface area contributed by atoms with Crippen LogP contribution in [0.1, 0.15) is 18.2 Å². The van der Waals surface area contributed by atoms with E-state index < -0.39 is 32.5 Å². The number of hydrogen-bond acceptors (Lipinski definition) is 9. The van der Waals surface area contributed by atoms with Crippen LogP contribution in [0.3, 0.4) is 0 Å². The molecular formula is C29H23ClF4N6O3S2. The molecule has 0 atom stereocenters. The highest BCUT2D eigenvalue weighted by atomic mass is 35.5. The minimum atomic E-state index is -4.53. The van der Waals surface area contributed by atoms with E-state index in [1.807, 2.05) is 6.92 Å². The number of nitrogens with one attached hydrogen (secondary N) is 3.